The van der Waals surface area contributed by atoms with Crippen molar-refractivity contribution < 1.29 is 19.3 Å². The third kappa shape index (κ3) is 7.29. The van der Waals surface area contributed by atoms with Gasteiger partial charge in [0.25, 0.3) is 0 Å². The van der Waals surface area contributed by atoms with Gasteiger partial charge < -0.3 is 23.6 Å². The number of aliphatic hydroxyl groups is 1. The smallest absolute Gasteiger partial charge is 0.124 e. The summed E-state index contributed by atoms with van der Waals surface area (Å²) in [6, 6.07) is 6.10. The molecule has 5 nitrogen and oxygen atoms in total. The summed E-state index contributed by atoms with van der Waals surface area (Å²) in [6.45, 7) is 12.4. The summed E-state index contributed by atoms with van der Waals surface area (Å²) in [5.41, 5.74) is 4.72. The second-order valence-corrected chi connectivity index (χ2v) is 9.72. The molecule has 0 aromatic heterocycles. The highest BCUT2D eigenvalue weighted by atomic mass is 32.2. The van der Waals surface area contributed by atoms with Crippen molar-refractivity contribution in [2.75, 3.05) is 33.0 Å². The Labute approximate surface area is 203 Å². The van der Waals surface area contributed by atoms with E-state index in [0.29, 0.717) is 19.1 Å². The lowest BCUT2D eigenvalue weighted by Gasteiger charge is -2.30. The van der Waals surface area contributed by atoms with Crippen LogP contribution in [0.15, 0.2) is 57.8 Å². The van der Waals surface area contributed by atoms with Crippen LogP contribution in [0.5, 0.6) is 5.75 Å². The van der Waals surface area contributed by atoms with Gasteiger partial charge in [-0.15, -0.1) is 0 Å². The molecule has 2 aliphatic rings. The Morgan fingerprint density at radius 1 is 1.21 bits per heavy atom. The number of ether oxygens (including phenoxy) is 3. The molecular weight excluding hydrogens is 434 g/mol. The normalized spacial score (nSPS) is 18.5. The Bertz CT molecular complexity index is 871. The molecule has 182 valence electrons. The van der Waals surface area contributed by atoms with Gasteiger partial charge in [0.2, 0.25) is 0 Å². The predicted molar refractivity (Wildman–Crippen MR) is 135 cm³/mol. The van der Waals surface area contributed by atoms with Crippen LogP contribution in [0.2, 0.25) is 0 Å². The highest BCUT2D eigenvalue weighted by molar-refractivity contribution is 7.97. The zero-order valence-electron chi connectivity index (χ0n) is 20.6. The highest BCUT2D eigenvalue weighted by Crippen LogP contribution is 2.34. The maximum absolute atomic E-state index is 9.96. The number of allylic oxidation sites excluding steroid dienone is 5. The van der Waals surface area contributed by atoms with Crippen molar-refractivity contribution in [3.05, 3.63) is 58.5 Å². The van der Waals surface area contributed by atoms with Crippen LogP contribution in [-0.2, 0) is 16.1 Å². The molecule has 0 atom stereocenters. The third-order valence-electron chi connectivity index (χ3n) is 6.38. The van der Waals surface area contributed by atoms with Crippen molar-refractivity contribution in [3.63, 3.8) is 0 Å². The number of aliphatic hydroxyl groups excluding tert-OH is 1. The molecule has 1 aromatic carbocycles. The average molecular weight is 474 g/mol. The van der Waals surface area contributed by atoms with E-state index >= 15 is 0 Å². The van der Waals surface area contributed by atoms with Gasteiger partial charge in [0.05, 0.1) is 25.5 Å². The van der Waals surface area contributed by atoms with E-state index in [1.165, 1.54) is 11.1 Å². The first kappa shape index (κ1) is 25.7. The quantitative estimate of drug-likeness (QED) is 0.320. The average Bonchev–Trinajstić information content (AvgIpc) is 2.85. The van der Waals surface area contributed by atoms with Gasteiger partial charge in [0, 0.05) is 23.7 Å². The molecule has 2 heterocycles. The second-order valence-electron chi connectivity index (χ2n) is 8.62. The first-order chi connectivity index (χ1) is 16.0. The monoisotopic (exact) mass is 473 g/mol. The van der Waals surface area contributed by atoms with Crippen molar-refractivity contribution in [2.45, 2.75) is 64.9 Å². The van der Waals surface area contributed by atoms with Gasteiger partial charge >= 0.3 is 0 Å². The molecule has 3 rings (SSSR count). The van der Waals surface area contributed by atoms with Crippen LogP contribution in [0.1, 0.15) is 58.9 Å². The number of hydrogen-bond acceptors (Lipinski definition) is 6. The summed E-state index contributed by atoms with van der Waals surface area (Å²) in [6.07, 6.45) is 8.56. The summed E-state index contributed by atoms with van der Waals surface area (Å²) in [4.78, 5) is 1.08. The van der Waals surface area contributed by atoms with E-state index in [2.05, 4.69) is 43.3 Å². The van der Waals surface area contributed by atoms with Crippen molar-refractivity contribution >= 4 is 11.9 Å². The zero-order valence-corrected chi connectivity index (χ0v) is 21.4. The minimum absolute atomic E-state index is 0.0385. The third-order valence-corrected chi connectivity index (χ3v) is 7.44. The molecule has 0 aliphatic carbocycles. The SMILES string of the molecule is CC/C(C)=C(/C=C\C1=C(C)OCCN1Sc1ccc(OCC2CCOCC2)c(CO)c1)CC. The van der Waals surface area contributed by atoms with E-state index in [0.717, 1.165) is 73.1 Å². The molecular formula is C27H39NO4S. The molecule has 1 N–H and O–H groups in total. The van der Waals surface area contributed by atoms with E-state index in [1.807, 2.05) is 19.1 Å². The molecule has 1 saturated heterocycles. The second kappa shape index (κ2) is 13.1. The number of hydrogen-bond donors (Lipinski definition) is 1. The van der Waals surface area contributed by atoms with Crippen molar-refractivity contribution in [1.82, 2.24) is 4.31 Å². The Kier molecular flexibility index (Phi) is 10.2. The van der Waals surface area contributed by atoms with Crippen LogP contribution in [0.3, 0.4) is 0 Å². The van der Waals surface area contributed by atoms with Crippen LogP contribution >= 0.6 is 11.9 Å². The molecule has 2 aliphatic heterocycles. The van der Waals surface area contributed by atoms with Gasteiger partial charge in [-0.1, -0.05) is 25.5 Å². The van der Waals surface area contributed by atoms with E-state index < -0.39 is 0 Å². The van der Waals surface area contributed by atoms with E-state index in [4.69, 9.17) is 14.2 Å². The summed E-state index contributed by atoms with van der Waals surface area (Å²) in [5, 5.41) is 9.96. The van der Waals surface area contributed by atoms with E-state index in [-0.39, 0.29) is 6.61 Å². The van der Waals surface area contributed by atoms with E-state index in [9.17, 15) is 5.11 Å². The van der Waals surface area contributed by atoms with Crippen molar-refractivity contribution in [1.29, 1.82) is 0 Å². The maximum atomic E-state index is 9.96. The Hall–Kier alpha value is -1.89. The number of benzene rings is 1. The highest BCUT2D eigenvalue weighted by Gasteiger charge is 2.20. The Morgan fingerprint density at radius 2 is 2.00 bits per heavy atom. The fourth-order valence-corrected chi connectivity index (χ4v) is 5.07. The molecule has 33 heavy (non-hydrogen) atoms. The van der Waals surface area contributed by atoms with Crippen LogP contribution in [-0.4, -0.2) is 42.4 Å². The topological polar surface area (TPSA) is 51.2 Å². The van der Waals surface area contributed by atoms with Crippen LogP contribution in [0.4, 0.5) is 0 Å². The largest absolute Gasteiger partial charge is 0.494 e. The summed E-state index contributed by atoms with van der Waals surface area (Å²) in [7, 11) is 0. The van der Waals surface area contributed by atoms with E-state index in [1.54, 1.807) is 11.9 Å². The Morgan fingerprint density at radius 3 is 2.70 bits per heavy atom. The molecule has 0 unspecified atom stereocenters. The lowest BCUT2D eigenvalue weighted by atomic mass is 10.0. The number of nitrogens with zero attached hydrogens (tertiary/aromatic N) is 1. The van der Waals surface area contributed by atoms with Gasteiger partial charge in [0.1, 0.15) is 18.1 Å². The minimum atomic E-state index is -0.0385. The van der Waals surface area contributed by atoms with Gasteiger partial charge in [0.15, 0.2) is 0 Å². The lowest BCUT2D eigenvalue weighted by Crippen LogP contribution is -2.26. The first-order valence-electron chi connectivity index (χ1n) is 12.2. The van der Waals surface area contributed by atoms with Gasteiger partial charge in [-0.2, -0.15) is 0 Å². The van der Waals surface area contributed by atoms with Crippen molar-refractivity contribution in [3.8, 4) is 5.75 Å². The van der Waals surface area contributed by atoms with Crippen LogP contribution in [0.25, 0.3) is 0 Å². The maximum Gasteiger partial charge on any atom is 0.124 e. The fraction of sp³-hybridized carbons (Fsp3) is 0.556. The molecule has 0 bridgehead atoms. The first-order valence-corrected chi connectivity index (χ1v) is 12.9. The molecule has 0 saturated carbocycles. The fourth-order valence-electron chi connectivity index (χ4n) is 4.04. The molecule has 0 spiro atoms. The summed E-state index contributed by atoms with van der Waals surface area (Å²) in [5.74, 6) is 2.23. The number of rotatable bonds is 10. The molecule has 1 fully saturated rings. The molecule has 0 radical (unpaired) electrons. The summed E-state index contributed by atoms with van der Waals surface area (Å²) >= 11 is 1.68. The molecule has 0 amide bonds. The van der Waals surface area contributed by atoms with Gasteiger partial charge in [-0.25, -0.2) is 0 Å². The standard InChI is InChI=1S/C27H39NO4S/c1-5-20(3)23(6-2)7-9-26-21(4)31-16-13-28(26)33-25-8-10-27(24(17-25)18-29)32-19-22-11-14-30-15-12-22/h7-10,17,22,29H,5-6,11-16,18-19H2,1-4H3/b9-7-,23-20+. The lowest BCUT2D eigenvalue weighted by molar-refractivity contribution is 0.0494. The Balaban J connectivity index is 1.71. The van der Waals surface area contributed by atoms with Gasteiger partial charge in [-0.3, -0.25) is 0 Å². The molecule has 6 heteroatoms. The van der Waals surface area contributed by atoms with Gasteiger partial charge in [-0.05, 0) is 87.2 Å². The predicted octanol–water partition coefficient (Wildman–Crippen LogP) is 6.25. The van der Waals surface area contributed by atoms with Crippen molar-refractivity contribution in [2.24, 2.45) is 5.92 Å². The summed E-state index contributed by atoms with van der Waals surface area (Å²) < 4.78 is 19.6. The molecule has 1 aromatic rings. The van der Waals surface area contributed by atoms with Crippen LogP contribution < -0.4 is 4.74 Å². The van der Waals surface area contributed by atoms with Crippen LogP contribution in [0, 0.1) is 5.92 Å². The zero-order chi connectivity index (χ0) is 23.6. The minimum Gasteiger partial charge on any atom is -0.494 e.